The van der Waals surface area contributed by atoms with Crippen molar-refractivity contribution in [3.63, 3.8) is 0 Å². The van der Waals surface area contributed by atoms with Gasteiger partial charge in [0.2, 0.25) is 5.91 Å². The molecule has 5 aliphatic rings. The van der Waals surface area contributed by atoms with Crippen LogP contribution in [0.1, 0.15) is 52.9 Å². The standard InChI is InChI=1S/C19H28N2O5S/c1-11-14-8-12(19(14,2)3)9-16(11)26-18(23)15-4-5-17(22)21(20-15)13-6-7-27(24,25)10-13/h11-14,16H,4-10H2,1-3H3/t11-,12+,13-,14+,16-/m0/s1. The van der Waals surface area contributed by atoms with E-state index in [4.69, 9.17) is 4.74 Å². The van der Waals surface area contributed by atoms with E-state index < -0.39 is 21.8 Å². The Kier molecular flexibility index (Phi) is 4.40. The van der Waals surface area contributed by atoms with Crippen LogP contribution in [0.15, 0.2) is 5.10 Å². The quantitative estimate of drug-likeness (QED) is 0.678. The molecule has 7 nitrogen and oxygen atoms in total. The first kappa shape index (κ1) is 18.9. The van der Waals surface area contributed by atoms with Crippen molar-refractivity contribution in [2.75, 3.05) is 11.5 Å². The van der Waals surface area contributed by atoms with E-state index >= 15 is 0 Å². The number of ether oxygens (including phenoxy) is 1. The van der Waals surface area contributed by atoms with Gasteiger partial charge in [0.1, 0.15) is 11.8 Å². The fourth-order valence-corrected chi connectivity index (χ4v) is 7.13. The van der Waals surface area contributed by atoms with Gasteiger partial charge in [-0.15, -0.1) is 0 Å². The molecule has 0 aromatic rings. The molecule has 5 rings (SSSR count). The van der Waals surface area contributed by atoms with Crippen molar-refractivity contribution in [1.82, 2.24) is 5.01 Å². The van der Waals surface area contributed by atoms with E-state index in [9.17, 15) is 18.0 Å². The van der Waals surface area contributed by atoms with Crippen LogP contribution in [0.25, 0.3) is 0 Å². The number of hydrazone groups is 1. The maximum atomic E-state index is 12.7. The Hall–Kier alpha value is -1.44. The number of nitrogens with zero attached hydrogens (tertiary/aromatic N) is 2. The molecule has 2 heterocycles. The Balaban J connectivity index is 1.44. The topological polar surface area (TPSA) is 93.1 Å². The Labute approximate surface area is 160 Å². The number of rotatable bonds is 3. The van der Waals surface area contributed by atoms with Crippen LogP contribution in [-0.2, 0) is 24.2 Å². The first-order chi connectivity index (χ1) is 12.6. The number of esters is 1. The summed E-state index contributed by atoms with van der Waals surface area (Å²) in [6.07, 6.45) is 2.79. The summed E-state index contributed by atoms with van der Waals surface area (Å²) in [6, 6.07) is -0.465. The molecule has 0 spiro atoms. The van der Waals surface area contributed by atoms with E-state index in [2.05, 4.69) is 25.9 Å². The minimum atomic E-state index is -3.13. The van der Waals surface area contributed by atoms with Gasteiger partial charge in [-0.2, -0.15) is 5.10 Å². The van der Waals surface area contributed by atoms with Gasteiger partial charge in [0.05, 0.1) is 17.5 Å². The van der Waals surface area contributed by atoms with Gasteiger partial charge in [-0.05, 0) is 42.4 Å². The maximum absolute atomic E-state index is 12.7. The zero-order chi connectivity index (χ0) is 19.6. The van der Waals surface area contributed by atoms with Crippen molar-refractivity contribution in [3.05, 3.63) is 0 Å². The second-order valence-electron chi connectivity index (χ2n) is 9.24. The number of sulfone groups is 1. The average Bonchev–Trinajstić information content (AvgIpc) is 2.96. The predicted molar refractivity (Wildman–Crippen MR) is 99.6 cm³/mol. The van der Waals surface area contributed by atoms with Crippen LogP contribution in [-0.4, -0.2) is 54.7 Å². The molecular weight excluding hydrogens is 368 g/mol. The summed E-state index contributed by atoms with van der Waals surface area (Å²) in [5.41, 5.74) is 0.562. The third-order valence-electron chi connectivity index (χ3n) is 7.39. The number of hydrogen-bond acceptors (Lipinski definition) is 6. The van der Waals surface area contributed by atoms with Crippen LogP contribution in [0.3, 0.4) is 0 Å². The van der Waals surface area contributed by atoms with Crippen LogP contribution in [0, 0.1) is 23.2 Å². The third-order valence-corrected chi connectivity index (χ3v) is 9.14. The van der Waals surface area contributed by atoms with Crippen molar-refractivity contribution < 1.29 is 22.7 Å². The summed E-state index contributed by atoms with van der Waals surface area (Å²) in [5, 5.41) is 5.44. The first-order valence-electron chi connectivity index (χ1n) is 9.89. The molecule has 1 amide bonds. The highest BCUT2D eigenvalue weighted by Gasteiger charge is 2.57. The highest BCUT2D eigenvalue weighted by atomic mass is 32.2. The van der Waals surface area contributed by atoms with Crippen LogP contribution in [0.4, 0.5) is 0 Å². The normalized spacial score (nSPS) is 39.5. The second kappa shape index (κ2) is 6.29. The number of amides is 1. The fourth-order valence-electron chi connectivity index (χ4n) is 5.44. The summed E-state index contributed by atoms with van der Waals surface area (Å²) in [5.74, 6) is 0.788. The molecule has 1 saturated heterocycles. The van der Waals surface area contributed by atoms with E-state index in [0.29, 0.717) is 29.6 Å². The van der Waals surface area contributed by atoms with E-state index in [-0.39, 0.29) is 42.1 Å². The predicted octanol–water partition coefficient (Wildman–Crippen LogP) is 1.77. The summed E-state index contributed by atoms with van der Waals surface area (Å²) in [7, 11) is -3.13. The molecule has 27 heavy (non-hydrogen) atoms. The molecule has 8 heteroatoms. The van der Waals surface area contributed by atoms with Crippen LogP contribution >= 0.6 is 0 Å². The molecule has 150 valence electrons. The molecule has 0 radical (unpaired) electrons. The van der Waals surface area contributed by atoms with E-state index in [1.807, 2.05) is 0 Å². The summed E-state index contributed by atoms with van der Waals surface area (Å²) in [4.78, 5) is 24.9. The smallest absolute Gasteiger partial charge is 0.354 e. The van der Waals surface area contributed by atoms with Crippen molar-refractivity contribution >= 4 is 27.4 Å². The SMILES string of the molecule is C[C@@H]1[C@@H](OC(=O)C2=NN([C@H]3CCS(=O)(=O)C3)C(=O)CC2)C[C@H]2C[C@H]1C2(C)C. The minimum Gasteiger partial charge on any atom is -0.458 e. The Bertz CT molecular complexity index is 803. The van der Waals surface area contributed by atoms with Gasteiger partial charge in [-0.1, -0.05) is 20.8 Å². The van der Waals surface area contributed by atoms with E-state index in [1.165, 1.54) is 11.4 Å². The molecule has 0 aromatic carbocycles. The molecule has 5 atom stereocenters. The molecule has 0 N–H and O–H groups in total. The van der Waals surface area contributed by atoms with Gasteiger partial charge >= 0.3 is 5.97 Å². The van der Waals surface area contributed by atoms with Gasteiger partial charge in [0, 0.05) is 12.8 Å². The maximum Gasteiger partial charge on any atom is 0.354 e. The van der Waals surface area contributed by atoms with E-state index in [1.54, 1.807) is 0 Å². The van der Waals surface area contributed by atoms with Crippen molar-refractivity contribution in [1.29, 1.82) is 0 Å². The molecular formula is C19H28N2O5S. The molecule has 2 bridgehead atoms. The molecule has 0 unspecified atom stereocenters. The lowest BCUT2D eigenvalue weighted by atomic mass is 9.45. The fraction of sp³-hybridized carbons (Fsp3) is 0.842. The number of fused-ring (bicyclic) bond motifs is 2. The minimum absolute atomic E-state index is 0.0644. The highest BCUT2D eigenvalue weighted by molar-refractivity contribution is 7.91. The second-order valence-corrected chi connectivity index (χ2v) is 11.5. The Morgan fingerprint density at radius 3 is 2.59 bits per heavy atom. The van der Waals surface area contributed by atoms with Gasteiger partial charge < -0.3 is 4.74 Å². The molecule has 2 aliphatic heterocycles. The van der Waals surface area contributed by atoms with Crippen LogP contribution in [0.2, 0.25) is 0 Å². The number of hydrogen-bond donors (Lipinski definition) is 0. The van der Waals surface area contributed by atoms with Gasteiger partial charge in [-0.25, -0.2) is 18.2 Å². The summed E-state index contributed by atoms with van der Waals surface area (Å²) < 4.78 is 29.2. The summed E-state index contributed by atoms with van der Waals surface area (Å²) in [6.45, 7) is 6.75. The zero-order valence-electron chi connectivity index (χ0n) is 16.2. The molecule has 3 aliphatic carbocycles. The van der Waals surface area contributed by atoms with E-state index in [0.717, 1.165) is 6.42 Å². The average molecular weight is 397 g/mol. The molecule has 3 saturated carbocycles. The Morgan fingerprint density at radius 2 is 2.00 bits per heavy atom. The van der Waals surface area contributed by atoms with Gasteiger partial charge in [-0.3, -0.25) is 4.79 Å². The Morgan fingerprint density at radius 1 is 1.26 bits per heavy atom. The van der Waals surface area contributed by atoms with Gasteiger partial charge in [0.25, 0.3) is 0 Å². The monoisotopic (exact) mass is 396 g/mol. The molecule has 4 fully saturated rings. The number of carbonyl (C=O) groups excluding carboxylic acids is 2. The largest absolute Gasteiger partial charge is 0.458 e. The van der Waals surface area contributed by atoms with Crippen molar-refractivity contribution in [3.8, 4) is 0 Å². The zero-order valence-corrected chi connectivity index (χ0v) is 17.0. The van der Waals surface area contributed by atoms with Crippen LogP contribution in [0.5, 0.6) is 0 Å². The van der Waals surface area contributed by atoms with Gasteiger partial charge in [0.15, 0.2) is 9.84 Å². The molecule has 0 aromatic heterocycles. The lowest BCUT2D eigenvalue weighted by molar-refractivity contribution is -0.180. The highest BCUT2D eigenvalue weighted by Crippen LogP contribution is 2.61. The lowest BCUT2D eigenvalue weighted by Gasteiger charge is -2.61. The van der Waals surface area contributed by atoms with Crippen molar-refractivity contribution in [2.24, 2.45) is 28.3 Å². The summed E-state index contributed by atoms with van der Waals surface area (Å²) >= 11 is 0. The lowest BCUT2D eigenvalue weighted by Crippen LogP contribution is -2.57. The van der Waals surface area contributed by atoms with Crippen LogP contribution < -0.4 is 0 Å². The third kappa shape index (κ3) is 3.19. The van der Waals surface area contributed by atoms with Crippen molar-refractivity contribution in [2.45, 2.75) is 65.0 Å². The first-order valence-corrected chi connectivity index (χ1v) is 11.7. The number of carbonyl (C=O) groups is 2.